The van der Waals surface area contributed by atoms with Crippen molar-refractivity contribution in [2.24, 2.45) is 0 Å². The van der Waals surface area contributed by atoms with Crippen molar-refractivity contribution in [1.29, 1.82) is 0 Å². The molecule has 0 radical (unpaired) electrons. The van der Waals surface area contributed by atoms with E-state index in [0.717, 1.165) is 5.56 Å². The number of alkyl halides is 1. The first-order chi connectivity index (χ1) is 19.2. The zero-order chi connectivity index (χ0) is 28.3. The topological polar surface area (TPSA) is 118 Å². The summed E-state index contributed by atoms with van der Waals surface area (Å²) < 4.78 is 62.3. The van der Waals surface area contributed by atoms with Gasteiger partial charge in [0.25, 0.3) is 0 Å². The van der Waals surface area contributed by atoms with Crippen LogP contribution in [0.15, 0.2) is 54.9 Å². The predicted molar refractivity (Wildman–Crippen MR) is 151 cm³/mol. The Hall–Kier alpha value is -3.90. The van der Waals surface area contributed by atoms with Crippen LogP contribution in [0.1, 0.15) is 25.3 Å². The lowest BCUT2D eigenvalue weighted by Crippen LogP contribution is -2.44. The van der Waals surface area contributed by atoms with Gasteiger partial charge in [-0.25, -0.2) is 32.2 Å². The first-order valence-corrected chi connectivity index (χ1v) is 14.7. The number of halogens is 2. The van der Waals surface area contributed by atoms with Gasteiger partial charge in [-0.2, -0.15) is 0 Å². The van der Waals surface area contributed by atoms with Crippen molar-refractivity contribution >= 4 is 32.4 Å². The lowest BCUT2D eigenvalue weighted by Gasteiger charge is -2.26. The Kier molecular flexibility index (Phi) is 8.08. The van der Waals surface area contributed by atoms with Gasteiger partial charge in [0.05, 0.1) is 22.7 Å². The molecule has 1 unspecified atom stereocenters. The molecule has 3 N–H and O–H groups in total. The van der Waals surface area contributed by atoms with Crippen LogP contribution in [0.3, 0.4) is 0 Å². The van der Waals surface area contributed by atoms with Gasteiger partial charge in [-0.1, -0.05) is 19.1 Å². The fourth-order valence-electron chi connectivity index (χ4n) is 4.70. The highest BCUT2D eigenvalue weighted by molar-refractivity contribution is 7.92. The van der Waals surface area contributed by atoms with E-state index in [2.05, 4.69) is 30.3 Å². The molecule has 0 bridgehead atoms. The van der Waals surface area contributed by atoms with E-state index in [0.29, 0.717) is 59.7 Å². The fourth-order valence-corrected chi connectivity index (χ4v) is 5.86. The number of nitrogens with zero attached hydrogens (tertiary/aromatic N) is 3. The second kappa shape index (κ2) is 11.7. The molecule has 0 saturated carbocycles. The summed E-state index contributed by atoms with van der Waals surface area (Å²) in [6, 6.07) is 11.3. The van der Waals surface area contributed by atoms with E-state index >= 15 is 0 Å². The third kappa shape index (κ3) is 6.13. The number of sulfonamides is 1. The van der Waals surface area contributed by atoms with Crippen molar-refractivity contribution in [1.82, 2.24) is 20.3 Å². The van der Waals surface area contributed by atoms with Crippen molar-refractivity contribution in [3.8, 4) is 22.9 Å². The summed E-state index contributed by atoms with van der Waals surface area (Å²) in [7, 11) is -3.73. The number of aryl methyl sites for hydroxylation is 1. The van der Waals surface area contributed by atoms with Crippen molar-refractivity contribution in [3.05, 3.63) is 66.2 Å². The molecule has 4 aromatic rings. The number of hydrogen-bond donors (Lipinski definition) is 3. The van der Waals surface area contributed by atoms with Gasteiger partial charge in [-0.3, -0.25) is 4.72 Å². The van der Waals surface area contributed by atoms with Gasteiger partial charge in [-0.05, 0) is 49.2 Å². The van der Waals surface area contributed by atoms with Gasteiger partial charge in [0, 0.05) is 48.7 Å². The number of pyridine rings is 1. The van der Waals surface area contributed by atoms with Crippen LogP contribution >= 0.6 is 0 Å². The Morgan fingerprint density at radius 3 is 2.70 bits per heavy atom. The van der Waals surface area contributed by atoms with Gasteiger partial charge < -0.3 is 15.4 Å². The summed E-state index contributed by atoms with van der Waals surface area (Å²) in [6.45, 7) is 4.51. The van der Waals surface area contributed by atoms with E-state index in [1.54, 1.807) is 55.7 Å². The minimum Gasteiger partial charge on any atom is -0.437 e. The van der Waals surface area contributed by atoms with Crippen LogP contribution in [0.25, 0.3) is 22.0 Å². The molecule has 5 rings (SSSR count). The fraction of sp³-hybridized carbons (Fsp3) is 0.321. The summed E-state index contributed by atoms with van der Waals surface area (Å²) in [5, 5.41) is 7.11. The number of fused-ring (bicyclic) bond motifs is 1. The highest BCUT2D eigenvalue weighted by Gasteiger charge is 2.23. The number of aromatic nitrogens is 3. The van der Waals surface area contributed by atoms with Gasteiger partial charge in [0.15, 0.2) is 0 Å². The van der Waals surface area contributed by atoms with E-state index in [-0.39, 0.29) is 23.4 Å². The Labute approximate surface area is 231 Å². The van der Waals surface area contributed by atoms with E-state index < -0.39 is 22.0 Å². The minimum atomic E-state index is -3.73. The van der Waals surface area contributed by atoms with Crippen LogP contribution in [0.2, 0.25) is 0 Å². The zero-order valence-electron chi connectivity index (χ0n) is 22.1. The average Bonchev–Trinajstić information content (AvgIpc) is 2.92. The molecule has 40 heavy (non-hydrogen) atoms. The molecule has 9 nitrogen and oxygen atoms in total. The van der Waals surface area contributed by atoms with Crippen LogP contribution in [0, 0.1) is 12.7 Å². The van der Waals surface area contributed by atoms with Crippen LogP contribution in [0.5, 0.6) is 11.6 Å². The molecule has 0 amide bonds. The third-order valence-electron chi connectivity index (χ3n) is 6.56. The van der Waals surface area contributed by atoms with E-state index in [1.165, 1.54) is 6.07 Å². The maximum absolute atomic E-state index is 14.8. The van der Waals surface area contributed by atoms with Crippen LogP contribution < -0.4 is 20.1 Å². The lowest BCUT2D eigenvalue weighted by atomic mass is 10.0. The second-order valence-corrected chi connectivity index (χ2v) is 11.5. The number of piperidine rings is 1. The first-order valence-electron chi connectivity index (χ1n) is 13.0. The SMILES string of the molecule is CCCS(=O)(=O)Nc1c(F)ccc2c(Oc3ncccc3-c3ccnc(NC4CNC[C@@H](F)C4)n3)c(C)ccc12. The monoisotopic (exact) mass is 568 g/mol. The highest BCUT2D eigenvalue weighted by Crippen LogP contribution is 2.39. The van der Waals surface area contributed by atoms with Crippen molar-refractivity contribution < 1.29 is 21.9 Å². The number of nitrogens with one attached hydrogen (secondary N) is 3. The van der Waals surface area contributed by atoms with E-state index in [9.17, 15) is 17.2 Å². The highest BCUT2D eigenvalue weighted by atomic mass is 32.2. The molecule has 2 aromatic heterocycles. The maximum Gasteiger partial charge on any atom is 0.232 e. The number of benzene rings is 2. The number of anilines is 2. The van der Waals surface area contributed by atoms with Gasteiger partial charge in [0.2, 0.25) is 21.9 Å². The molecule has 2 atom stereocenters. The number of ether oxygens (including phenoxy) is 1. The average molecular weight is 569 g/mol. The quantitative estimate of drug-likeness (QED) is 0.252. The van der Waals surface area contributed by atoms with Crippen molar-refractivity contribution in [2.45, 2.75) is 38.9 Å². The predicted octanol–water partition coefficient (Wildman–Crippen LogP) is 5.20. The van der Waals surface area contributed by atoms with E-state index in [1.807, 2.05) is 6.92 Å². The molecule has 1 aliphatic rings. The molecule has 1 fully saturated rings. The molecule has 1 saturated heterocycles. The molecule has 2 aromatic carbocycles. The number of rotatable bonds is 9. The van der Waals surface area contributed by atoms with Gasteiger partial charge >= 0.3 is 0 Å². The molecular weight excluding hydrogens is 538 g/mol. The number of hydrogen-bond acceptors (Lipinski definition) is 8. The summed E-state index contributed by atoms with van der Waals surface area (Å²) in [6.07, 6.45) is 3.00. The molecule has 12 heteroatoms. The normalized spacial score (nSPS) is 17.5. The second-order valence-electron chi connectivity index (χ2n) is 9.71. The van der Waals surface area contributed by atoms with E-state index in [4.69, 9.17) is 4.74 Å². The van der Waals surface area contributed by atoms with Crippen LogP contribution in [-0.4, -0.2) is 54.4 Å². The molecule has 0 spiro atoms. The smallest absolute Gasteiger partial charge is 0.232 e. The third-order valence-corrected chi connectivity index (χ3v) is 8.02. The Balaban J connectivity index is 1.50. The van der Waals surface area contributed by atoms with Gasteiger partial charge in [-0.15, -0.1) is 0 Å². The molecule has 1 aliphatic heterocycles. The lowest BCUT2D eigenvalue weighted by molar-refractivity contribution is 0.254. The standard InChI is InChI=1S/C28H30F2N6O3S/c1-3-13-40(37,38)36-25-20-7-6-17(2)26(21(20)8-9-23(25)30)39-27-22(5-4-11-32-27)24-10-12-33-28(35-24)34-19-14-18(29)15-31-16-19/h4-12,18-19,31,36H,3,13-16H2,1-2H3,(H,33,34,35)/t18-,19?/m0/s1. The Morgan fingerprint density at radius 1 is 1.07 bits per heavy atom. The van der Waals surface area contributed by atoms with Crippen molar-refractivity contribution in [2.75, 3.05) is 28.9 Å². The summed E-state index contributed by atoms with van der Waals surface area (Å²) in [5.74, 6) is 0.200. The summed E-state index contributed by atoms with van der Waals surface area (Å²) >= 11 is 0. The maximum atomic E-state index is 14.8. The molecule has 3 heterocycles. The van der Waals surface area contributed by atoms with Crippen LogP contribution in [0.4, 0.5) is 20.4 Å². The molecule has 0 aliphatic carbocycles. The van der Waals surface area contributed by atoms with Crippen molar-refractivity contribution in [3.63, 3.8) is 0 Å². The summed E-state index contributed by atoms with van der Waals surface area (Å²) in [4.78, 5) is 13.3. The molecule has 210 valence electrons. The summed E-state index contributed by atoms with van der Waals surface area (Å²) in [5.41, 5.74) is 1.74. The Morgan fingerprint density at radius 2 is 1.90 bits per heavy atom. The molecular formula is C28H30F2N6O3S. The minimum absolute atomic E-state index is 0.128. The van der Waals surface area contributed by atoms with Gasteiger partial charge in [0.1, 0.15) is 17.7 Å². The largest absolute Gasteiger partial charge is 0.437 e. The zero-order valence-corrected chi connectivity index (χ0v) is 22.9. The Bertz CT molecular complexity index is 1640. The van der Waals surface area contributed by atoms with Crippen LogP contribution in [-0.2, 0) is 10.0 Å². The first kappa shape index (κ1) is 27.7.